The summed E-state index contributed by atoms with van der Waals surface area (Å²) in [7, 11) is 0. The molecule has 1 heterocycles. The Morgan fingerprint density at radius 3 is 2.48 bits per heavy atom. The highest BCUT2D eigenvalue weighted by Crippen LogP contribution is 2.46. The highest BCUT2D eigenvalue weighted by Gasteiger charge is 2.40. The minimum absolute atomic E-state index is 0. The Labute approximate surface area is 155 Å². The Kier molecular flexibility index (Phi) is 5.43. The molecule has 4 heteroatoms. The van der Waals surface area contributed by atoms with Gasteiger partial charge in [0.05, 0.1) is 5.69 Å². The van der Waals surface area contributed by atoms with Crippen LogP contribution in [0.5, 0.6) is 5.88 Å². The van der Waals surface area contributed by atoms with E-state index in [9.17, 15) is 4.79 Å². The van der Waals surface area contributed by atoms with Crippen LogP contribution in [0.25, 0.3) is 0 Å². The van der Waals surface area contributed by atoms with Gasteiger partial charge in [0.1, 0.15) is 6.61 Å². The third-order valence-electron chi connectivity index (χ3n) is 5.47. The Bertz CT molecular complexity index is 739. The number of hydrogen-bond donors (Lipinski definition) is 0. The molecule has 0 bridgehead atoms. The highest BCUT2D eigenvalue weighted by molar-refractivity contribution is 5.98. The van der Waals surface area contributed by atoms with Crippen LogP contribution in [0.2, 0.25) is 0 Å². The van der Waals surface area contributed by atoms with Crippen molar-refractivity contribution in [1.82, 2.24) is 4.98 Å². The molecule has 0 unspecified atom stereocenters. The van der Waals surface area contributed by atoms with Crippen molar-refractivity contribution in [2.45, 2.75) is 51.6 Å². The first-order valence-corrected chi connectivity index (χ1v) is 8.94. The second-order valence-electron chi connectivity index (χ2n) is 7.26. The van der Waals surface area contributed by atoms with E-state index >= 15 is 0 Å². The molecule has 0 amide bonds. The maximum atomic E-state index is 12.6. The number of carbonyl (C=O) groups is 1. The van der Waals surface area contributed by atoms with Crippen molar-refractivity contribution in [3.8, 4) is 5.88 Å². The number of hydrogen-bond acceptors (Lipinski definition) is 3. The third kappa shape index (κ3) is 3.87. The second-order valence-corrected chi connectivity index (χ2v) is 7.26. The number of fused-ring (bicyclic) bond motifs is 1. The minimum atomic E-state index is 0. The SMILES string of the molecule is Cl.O=C1CC2(CCCCC2)Cc2nc(OCc3ccccc3)ccc21. The van der Waals surface area contributed by atoms with E-state index in [1.807, 2.05) is 42.5 Å². The summed E-state index contributed by atoms with van der Waals surface area (Å²) in [5.41, 5.74) is 3.03. The van der Waals surface area contributed by atoms with E-state index in [0.29, 0.717) is 18.9 Å². The predicted molar refractivity (Wildman–Crippen MR) is 100 cm³/mol. The zero-order chi connectivity index (χ0) is 16.4. The molecule has 25 heavy (non-hydrogen) atoms. The number of halogens is 1. The molecule has 2 aliphatic carbocycles. The minimum Gasteiger partial charge on any atom is -0.473 e. The number of Topliss-reactive ketones (excluding diaryl/α,β-unsaturated/α-hetero) is 1. The van der Waals surface area contributed by atoms with Crippen LogP contribution >= 0.6 is 12.4 Å². The van der Waals surface area contributed by atoms with Gasteiger partial charge in [-0.2, -0.15) is 0 Å². The molecule has 0 N–H and O–H groups in total. The van der Waals surface area contributed by atoms with E-state index in [1.54, 1.807) is 0 Å². The first-order chi connectivity index (χ1) is 11.7. The Morgan fingerprint density at radius 1 is 0.960 bits per heavy atom. The summed E-state index contributed by atoms with van der Waals surface area (Å²) < 4.78 is 5.85. The lowest BCUT2D eigenvalue weighted by Crippen LogP contribution is -2.35. The maximum absolute atomic E-state index is 12.6. The Balaban J connectivity index is 0.00000182. The van der Waals surface area contributed by atoms with Gasteiger partial charge in [0.25, 0.3) is 0 Å². The zero-order valence-electron chi connectivity index (χ0n) is 14.4. The van der Waals surface area contributed by atoms with Crippen molar-refractivity contribution in [3.05, 3.63) is 59.3 Å². The summed E-state index contributed by atoms with van der Waals surface area (Å²) in [4.78, 5) is 17.3. The van der Waals surface area contributed by atoms with E-state index in [4.69, 9.17) is 4.74 Å². The van der Waals surface area contributed by atoms with Gasteiger partial charge in [-0.25, -0.2) is 4.98 Å². The molecular weight excluding hydrogens is 334 g/mol. The largest absolute Gasteiger partial charge is 0.473 e. The normalized spacial score (nSPS) is 18.3. The molecule has 0 radical (unpaired) electrons. The van der Waals surface area contributed by atoms with Crippen LogP contribution in [0, 0.1) is 5.41 Å². The van der Waals surface area contributed by atoms with Crippen LogP contribution in [0.4, 0.5) is 0 Å². The Morgan fingerprint density at radius 2 is 1.72 bits per heavy atom. The molecule has 1 saturated carbocycles. The number of nitrogens with zero attached hydrogens (tertiary/aromatic N) is 1. The zero-order valence-corrected chi connectivity index (χ0v) is 15.2. The summed E-state index contributed by atoms with van der Waals surface area (Å²) in [5.74, 6) is 0.888. The van der Waals surface area contributed by atoms with Gasteiger partial charge in [-0.3, -0.25) is 4.79 Å². The molecule has 1 aromatic heterocycles. The van der Waals surface area contributed by atoms with Crippen molar-refractivity contribution >= 4 is 18.2 Å². The molecular formula is C21H24ClNO2. The molecule has 1 aromatic carbocycles. The lowest BCUT2D eigenvalue weighted by Gasteiger charge is -2.39. The molecule has 0 aliphatic heterocycles. The number of rotatable bonds is 3. The molecule has 2 aromatic rings. The molecule has 3 nitrogen and oxygen atoms in total. The quantitative estimate of drug-likeness (QED) is 0.761. The van der Waals surface area contributed by atoms with Crippen LogP contribution in [-0.2, 0) is 13.0 Å². The van der Waals surface area contributed by atoms with Gasteiger partial charge in [0, 0.05) is 18.1 Å². The van der Waals surface area contributed by atoms with Crippen LogP contribution in [0.1, 0.15) is 60.1 Å². The van der Waals surface area contributed by atoms with Crippen molar-refractivity contribution in [2.75, 3.05) is 0 Å². The predicted octanol–water partition coefficient (Wildman–Crippen LogP) is 5.16. The molecule has 0 saturated heterocycles. The summed E-state index contributed by atoms with van der Waals surface area (Å²) in [6.45, 7) is 0.506. The van der Waals surface area contributed by atoms with E-state index in [1.165, 1.54) is 19.3 Å². The Hall–Kier alpha value is -1.87. The summed E-state index contributed by atoms with van der Waals surface area (Å²) in [5, 5.41) is 0. The average molecular weight is 358 g/mol. The standard InChI is InChI=1S/C21H23NO2.ClH/c23-19-14-21(11-5-2-6-12-21)13-18-17(19)9-10-20(22-18)24-15-16-7-3-1-4-8-16;/h1,3-4,7-10H,2,5-6,11-15H2;1H. The molecule has 0 atom stereocenters. The molecule has 1 spiro atoms. The van der Waals surface area contributed by atoms with Crippen molar-refractivity contribution < 1.29 is 9.53 Å². The summed E-state index contributed by atoms with van der Waals surface area (Å²) in [6, 6.07) is 13.8. The fourth-order valence-electron chi connectivity index (χ4n) is 4.19. The number of carbonyl (C=O) groups excluding carboxylic acids is 1. The van der Waals surface area contributed by atoms with E-state index in [-0.39, 0.29) is 23.6 Å². The molecule has 2 aliphatic rings. The fraction of sp³-hybridized carbons (Fsp3) is 0.429. The van der Waals surface area contributed by atoms with E-state index in [0.717, 1.165) is 36.1 Å². The van der Waals surface area contributed by atoms with Crippen molar-refractivity contribution in [2.24, 2.45) is 5.41 Å². The van der Waals surface area contributed by atoms with Crippen LogP contribution in [0.15, 0.2) is 42.5 Å². The molecule has 4 rings (SSSR count). The van der Waals surface area contributed by atoms with Gasteiger partial charge < -0.3 is 4.74 Å². The number of benzene rings is 1. The monoisotopic (exact) mass is 357 g/mol. The van der Waals surface area contributed by atoms with Gasteiger partial charge in [-0.05, 0) is 36.3 Å². The van der Waals surface area contributed by atoms with Crippen LogP contribution in [0.3, 0.4) is 0 Å². The lowest BCUT2D eigenvalue weighted by molar-refractivity contribution is 0.0817. The van der Waals surface area contributed by atoms with Gasteiger partial charge >= 0.3 is 0 Å². The third-order valence-corrected chi connectivity index (χ3v) is 5.47. The van der Waals surface area contributed by atoms with E-state index in [2.05, 4.69) is 4.98 Å². The topological polar surface area (TPSA) is 39.2 Å². The van der Waals surface area contributed by atoms with Gasteiger partial charge in [0.15, 0.2) is 5.78 Å². The van der Waals surface area contributed by atoms with Gasteiger partial charge in [-0.1, -0.05) is 49.6 Å². The number of aromatic nitrogens is 1. The van der Waals surface area contributed by atoms with Crippen molar-refractivity contribution in [3.63, 3.8) is 0 Å². The second kappa shape index (κ2) is 7.57. The van der Waals surface area contributed by atoms with Crippen LogP contribution in [-0.4, -0.2) is 10.8 Å². The first kappa shape index (κ1) is 17.9. The summed E-state index contributed by atoms with van der Waals surface area (Å²) in [6.07, 6.45) is 7.74. The fourth-order valence-corrected chi connectivity index (χ4v) is 4.19. The highest BCUT2D eigenvalue weighted by atomic mass is 35.5. The van der Waals surface area contributed by atoms with Crippen LogP contribution < -0.4 is 4.74 Å². The summed E-state index contributed by atoms with van der Waals surface area (Å²) >= 11 is 0. The van der Waals surface area contributed by atoms with E-state index < -0.39 is 0 Å². The average Bonchev–Trinajstić information content (AvgIpc) is 2.61. The first-order valence-electron chi connectivity index (χ1n) is 8.94. The van der Waals surface area contributed by atoms with Gasteiger partial charge in [0.2, 0.25) is 5.88 Å². The van der Waals surface area contributed by atoms with Gasteiger partial charge in [-0.15, -0.1) is 12.4 Å². The molecule has 1 fully saturated rings. The number of pyridine rings is 1. The number of ketones is 1. The maximum Gasteiger partial charge on any atom is 0.213 e. The van der Waals surface area contributed by atoms with Crippen molar-refractivity contribution in [1.29, 1.82) is 0 Å². The smallest absolute Gasteiger partial charge is 0.213 e. The lowest BCUT2D eigenvalue weighted by atomic mass is 9.64. The molecule has 132 valence electrons. The number of ether oxygens (including phenoxy) is 1.